The number of aliphatic hydroxyl groups is 1. The van der Waals surface area contributed by atoms with Crippen molar-refractivity contribution >= 4 is 28.5 Å². The molecule has 0 aliphatic carbocycles. The molecular weight excluding hydrogens is 512 g/mol. The van der Waals surface area contributed by atoms with Crippen LogP contribution in [0.3, 0.4) is 0 Å². The summed E-state index contributed by atoms with van der Waals surface area (Å²) in [6.07, 6.45) is 4.50. The molecule has 8 nitrogen and oxygen atoms in total. The Morgan fingerprint density at radius 3 is 2.49 bits per heavy atom. The molecule has 3 rings (SSSR count). The van der Waals surface area contributed by atoms with Gasteiger partial charge in [-0.15, -0.1) is 0 Å². The number of aromatic nitrogens is 2. The van der Waals surface area contributed by atoms with Crippen molar-refractivity contribution in [3.63, 3.8) is 0 Å². The molecule has 10 heteroatoms. The van der Waals surface area contributed by atoms with E-state index in [4.69, 9.17) is 21.3 Å². The van der Waals surface area contributed by atoms with E-state index in [0.29, 0.717) is 29.2 Å². The Labute approximate surface area is 226 Å². The van der Waals surface area contributed by atoms with Gasteiger partial charge in [-0.05, 0) is 57.4 Å². The Bertz CT molecular complexity index is 1230. The van der Waals surface area contributed by atoms with Crippen LogP contribution in [0.25, 0.3) is 11.3 Å². The zero-order chi connectivity index (χ0) is 27.1. The maximum absolute atomic E-state index is 12.9. The van der Waals surface area contributed by atoms with E-state index in [-0.39, 0.29) is 30.7 Å². The van der Waals surface area contributed by atoms with E-state index < -0.39 is 11.0 Å². The molecule has 3 N–H and O–H groups in total. The second kappa shape index (κ2) is 13.2. The maximum Gasteiger partial charge on any atom is 0.251 e. The Morgan fingerprint density at radius 2 is 1.89 bits per heavy atom. The van der Waals surface area contributed by atoms with Crippen LogP contribution in [0.2, 0.25) is 5.02 Å². The molecule has 1 heterocycles. The van der Waals surface area contributed by atoms with Gasteiger partial charge in [0, 0.05) is 43.3 Å². The topological polar surface area (TPSA) is 105 Å². The number of imidazole rings is 1. The van der Waals surface area contributed by atoms with Gasteiger partial charge in [0.1, 0.15) is 11.6 Å². The van der Waals surface area contributed by atoms with Crippen molar-refractivity contribution < 1.29 is 18.8 Å². The summed E-state index contributed by atoms with van der Waals surface area (Å²) >= 11 is 6.29. The average molecular weight is 547 g/mol. The first-order chi connectivity index (χ1) is 17.6. The van der Waals surface area contributed by atoms with Gasteiger partial charge in [0.2, 0.25) is 0 Å². The number of nitrogens with zero attached hydrogens (tertiary/aromatic N) is 2. The third-order valence-corrected chi connectivity index (χ3v) is 6.72. The van der Waals surface area contributed by atoms with Gasteiger partial charge in [-0.3, -0.25) is 4.79 Å². The summed E-state index contributed by atoms with van der Waals surface area (Å²) in [4.78, 5) is 17.6. The van der Waals surface area contributed by atoms with Crippen molar-refractivity contribution in [1.82, 2.24) is 19.6 Å². The van der Waals surface area contributed by atoms with Crippen molar-refractivity contribution in [2.24, 2.45) is 7.05 Å². The van der Waals surface area contributed by atoms with Gasteiger partial charge in [-0.2, -0.15) is 0 Å². The predicted molar refractivity (Wildman–Crippen MR) is 148 cm³/mol. The zero-order valence-corrected chi connectivity index (χ0v) is 23.4. The minimum Gasteiger partial charge on any atom is -0.489 e. The molecule has 0 radical (unpaired) electrons. The number of rotatable bonds is 12. The molecule has 3 atom stereocenters. The third-order valence-electron chi connectivity index (χ3n) is 5.74. The first kappa shape index (κ1) is 28.8. The largest absolute Gasteiger partial charge is 0.489 e. The van der Waals surface area contributed by atoms with Crippen LogP contribution >= 0.6 is 11.6 Å². The first-order valence-electron chi connectivity index (χ1n) is 12.2. The number of aryl methyl sites for hydroxylation is 1. The first-order valence-corrected chi connectivity index (χ1v) is 14.1. The highest BCUT2D eigenvalue weighted by Gasteiger charge is 2.17. The standard InChI is InChI=1S/C27H35ClN4O4S/c1-17(2)36-25-11-10-21(15-23(25)28)27(34)29-22(12-13-33)14-19-6-8-20(9-7-19)24-16-32(4)26(30-24)18(3)31-37(5)35/h6-11,15-18,22,31,33H,12-14H2,1-5H3,(H,29,34)/t18?,22-,37?/m1/s1. The highest BCUT2D eigenvalue weighted by atomic mass is 35.5. The van der Waals surface area contributed by atoms with Crippen molar-refractivity contribution in [1.29, 1.82) is 0 Å². The minimum absolute atomic E-state index is 0.0225. The third kappa shape index (κ3) is 8.13. The van der Waals surface area contributed by atoms with E-state index in [1.54, 1.807) is 24.5 Å². The number of nitrogens with one attached hydrogen (secondary N) is 2. The lowest BCUT2D eigenvalue weighted by atomic mass is 10.0. The van der Waals surface area contributed by atoms with Crippen LogP contribution in [0.1, 0.15) is 55.0 Å². The quantitative estimate of drug-likeness (QED) is 0.316. The van der Waals surface area contributed by atoms with E-state index in [0.717, 1.165) is 22.6 Å². The summed E-state index contributed by atoms with van der Waals surface area (Å²) < 4.78 is 22.0. The molecular formula is C27H35ClN4O4S. The Kier molecular flexibility index (Phi) is 10.3. The summed E-state index contributed by atoms with van der Waals surface area (Å²) in [6.45, 7) is 5.70. The van der Waals surface area contributed by atoms with Gasteiger partial charge in [0.25, 0.3) is 5.91 Å². The molecule has 3 aromatic rings. The molecule has 37 heavy (non-hydrogen) atoms. The minimum atomic E-state index is -1.14. The van der Waals surface area contributed by atoms with E-state index in [1.807, 2.05) is 62.8 Å². The number of carbonyl (C=O) groups is 1. The fraction of sp³-hybridized carbons (Fsp3) is 0.407. The Balaban J connectivity index is 1.68. The number of halogens is 1. The Hall–Kier alpha value is -2.72. The zero-order valence-electron chi connectivity index (χ0n) is 21.8. The van der Waals surface area contributed by atoms with Crippen LogP contribution < -0.4 is 14.8 Å². The van der Waals surface area contributed by atoms with Crippen molar-refractivity contribution in [3.8, 4) is 17.0 Å². The van der Waals surface area contributed by atoms with Gasteiger partial charge in [-0.25, -0.2) is 13.9 Å². The molecule has 0 saturated carbocycles. The lowest BCUT2D eigenvalue weighted by molar-refractivity contribution is 0.0930. The SMILES string of the molecule is CC(C)Oc1ccc(C(=O)N[C@H](CCO)Cc2ccc(-c3cn(C)c(C(C)NS(C)=O)n3)cc2)cc1Cl. The number of ether oxygens (including phenoxy) is 1. The predicted octanol–water partition coefficient (Wildman–Crippen LogP) is 4.20. The molecule has 0 aliphatic rings. The van der Waals surface area contributed by atoms with Crippen molar-refractivity contribution in [3.05, 3.63) is 70.6 Å². The lowest BCUT2D eigenvalue weighted by Gasteiger charge is -2.19. The maximum atomic E-state index is 12.9. The highest BCUT2D eigenvalue weighted by molar-refractivity contribution is 7.82. The second-order valence-electron chi connectivity index (χ2n) is 9.28. The fourth-order valence-electron chi connectivity index (χ4n) is 4.06. The fourth-order valence-corrected chi connectivity index (χ4v) is 4.89. The van der Waals surface area contributed by atoms with E-state index >= 15 is 0 Å². The van der Waals surface area contributed by atoms with Crippen LogP contribution in [0.5, 0.6) is 5.75 Å². The number of carbonyl (C=O) groups excluding carboxylic acids is 1. The van der Waals surface area contributed by atoms with Crippen LogP contribution in [0.15, 0.2) is 48.7 Å². The second-order valence-corrected chi connectivity index (χ2v) is 10.8. The molecule has 2 aromatic carbocycles. The monoisotopic (exact) mass is 546 g/mol. The number of benzene rings is 2. The van der Waals surface area contributed by atoms with Gasteiger partial charge in [0.05, 0.1) is 33.8 Å². The average Bonchev–Trinajstić information content (AvgIpc) is 3.22. The van der Waals surface area contributed by atoms with Gasteiger partial charge >= 0.3 is 0 Å². The van der Waals surface area contributed by atoms with E-state index in [2.05, 4.69) is 10.0 Å². The molecule has 1 aromatic heterocycles. The molecule has 0 bridgehead atoms. The van der Waals surface area contributed by atoms with Gasteiger partial charge < -0.3 is 19.7 Å². The van der Waals surface area contributed by atoms with Crippen LogP contribution in [0, 0.1) is 0 Å². The molecule has 0 spiro atoms. The van der Waals surface area contributed by atoms with Gasteiger partial charge in [0.15, 0.2) is 0 Å². The smallest absolute Gasteiger partial charge is 0.251 e. The van der Waals surface area contributed by atoms with Crippen LogP contribution in [-0.2, 0) is 24.5 Å². The number of amides is 1. The molecule has 0 aliphatic heterocycles. The van der Waals surface area contributed by atoms with E-state index in [9.17, 15) is 14.1 Å². The highest BCUT2D eigenvalue weighted by Crippen LogP contribution is 2.27. The molecule has 1 amide bonds. The van der Waals surface area contributed by atoms with Crippen molar-refractivity contribution in [2.45, 2.75) is 51.8 Å². The summed E-state index contributed by atoms with van der Waals surface area (Å²) in [7, 11) is 0.779. The van der Waals surface area contributed by atoms with Crippen molar-refractivity contribution in [2.75, 3.05) is 12.9 Å². The van der Waals surface area contributed by atoms with Gasteiger partial charge in [-0.1, -0.05) is 35.9 Å². The summed E-state index contributed by atoms with van der Waals surface area (Å²) in [5.41, 5.74) is 3.23. The summed E-state index contributed by atoms with van der Waals surface area (Å²) in [5, 5.41) is 12.9. The van der Waals surface area contributed by atoms with Crippen LogP contribution in [-0.4, -0.2) is 49.8 Å². The normalized spacial score (nSPS) is 13.8. The molecule has 2 unspecified atom stereocenters. The van der Waals surface area contributed by atoms with Crippen LogP contribution in [0.4, 0.5) is 0 Å². The molecule has 0 fully saturated rings. The lowest BCUT2D eigenvalue weighted by Crippen LogP contribution is -2.37. The number of aliphatic hydroxyl groups excluding tert-OH is 1. The Morgan fingerprint density at radius 1 is 1.19 bits per heavy atom. The summed E-state index contributed by atoms with van der Waals surface area (Å²) in [6, 6.07) is 12.5. The summed E-state index contributed by atoms with van der Waals surface area (Å²) in [5.74, 6) is 1.07. The molecule has 0 saturated heterocycles. The number of hydrogen-bond donors (Lipinski definition) is 3. The molecule has 200 valence electrons. The number of hydrogen-bond acceptors (Lipinski definition) is 5. The van der Waals surface area contributed by atoms with E-state index in [1.165, 1.54) is 0 Å².